The largest absolute Gasteiger partial charge is 0.251 e. The minimum absolute atomic E-state index is 1.06. The first-order valence-corrected chi connectivity index (χ1v) is 3.30. The molecule has 0 unspecified atom stereocenters. The van der Waals surface area contributed by atoms with Crippen molar-refractivity contribution < 1.29 is 4.57 Å². The highest BCUT2D eigenvalue weighted by Crippen LogP contribution is 1.88. The van der Waals surface area contributed by atoms with Gasteiger partial charge in [-0.15, -0.1) is 0 Å². The Morgan fingerprint density at radius 3 is 2.44 bits per heavy atom. The Balaban J connectivity index is 3.07. The summed E-state index contributed by atoms with van der Waals surface area (Å²) in [6, 6.07) is 0. The first kappa shape index (κ1) is 6.33. The number of nitrogens with one attached hydrogen (secondary N) is 1. The molecule has 1 rings (SSSR count). The van der Waals surface area contributed by atoms with Crippen molar-refractivity contribution in [2.75, 3.05) is 0 Å². The number of imidazole rings is 1. The quantitative estimate of drug-likeness (QED) is 0.539. The molecular weight excluding hydrogens is 112 g/mol. The summed E-state index contributed by atoms with van der Waals surface area (Å²) in [6.07, 6.45) is 2.03. The molecule has 0 aliphatic heterocycles. The van der Waals surface area contributed by atoms with E-state index in [-0.39, 0.29) is 0 Å². The highest BCUT2D eigenvalue weighted by molar-refractivity contribution is 4.85. The number of aromatic amines is 1. The molecule has 0 saturated heterocycles. The van der Waals surface area contributed by atoms with Gasteiger partial charge in [-0.1, -0.05) is 0 Å². The lowest BCUT2D eigenvalue weighted by molar-refractivity contribution is -0.703. The average molecular weight is 125 g/mol. The first-order chi connectivity index (χ1) is 4.25. The molecule has 2 nitrogen and oxygen atoms in total. The molecule has 0 bridgehead atoms. The Morgan fingerprint density at radius 2 is 2.22 bits per heavy atom. The topological polar surface area (TPSA) is 19.7 Å². The van der Waals surface area contributed by atoms with E-state index in [1.807, 2.05) is 6.20 Å². The van der Waals surface area contributed by atoms with Crippen molar-refractivity contribution in [1.82, 2.24) is 4.98 Å². The molecule has 0 radical (unpaired) electrons. The Hall–Kier alpha value is -0.790. The van der Waals surface area contributed by atoms with Gasteiger partial charge in [0, 0.05) is 13.8 Å². The molecular formula is C7H13N2+. The van der Waals surface area contributed by atoms with Crippen LogP contribution in [0.4, 0.5) is 0 Å². The van der Waals surface area contributed by atoms with Crippen molar-refractivity contribution in [2.24, 2.45) is 0 Å². The second-order valence-electron chi connectivity index (χ2n) is 2.26. The summed E-state index contributed by atoms with van der Waals surface area (Å²) >= 11 is 0. The van der Waals surface area contributed by atoms with E-state index in [1.54, 1.807) is 0 Å². The lowest BCUT2D eigenvalue weighted by Gasteiger charge is -1.91. The van der Waals surface area contributed by atoms with Crippen LogP contribution in [0.25, 0.3) is 0 Å². The van der Waals surface area contributed by atoms with Crippen LogP contribution >= 0.6 is 0 Å². The maximum absolute atomic E-state index is 3.15. The maximum Gasteiger partial charge on any atom is 0.251 e. The van der Waals surface area contributed by atoms with Crippen LogP contribution < -0.4 is 4.57 Å². The normalized spacial score (nSPS) is 10.1. The van der Waals surface area contributed by atoms with Crippen LogP contribution in [0.3, 0.4) is 0 Å². The van der Waals surface area contributed by atoms with Gasteiger partial charge in [-0.3, -0.25) is 0 Å². The zero-order chi connectivity index (χ0) is 6.85. The SMILES string of the molecule is CC[n+]1c(C)c[nH]c1C. The molecule has 0 amide bonds. The van der Waals surface area contributed by atoms with E-state index < -0.39 is 0 Å². The number of hydrogen-bond donors (Lipinski definition) is 1. The summed E-state index contributed by atoms with van der Waals surface area (Å²) < 4.78 is 2.24. The minimum Gasteiger partial charge on any atom is -0.248 e. The van der Waals surface area contributed by atoms with E-state index in [9.17, 15) is 0 Å². The smallest absolute Gasteiger partial charge is 0.248 e. The monoisotopic (exact) mass is 125 g/mol. The van der Waals surface area contributed by atoms with Crippen LogP contribution in [0.15, 0.2) is 6.20 Å². The van der Waals surface area contributed by atoms with Gasteiger partial charge in [0.2, 0.25) is 0 Å². The van der Waals surface area contributed by atoms with Crippen molar-refractivity contribution in [1.29, 1.82) is 0 Å². The van der Waals surface area contributed by atoms with Gasteiger partial charge in [0.1, 0.15) is 11.9 Å². The average Bonchev–Trinajstić information content (AvgIpc) is 2.12. The van der Waals surface area contributed by atoms with Crippen LogP contribution in [-0.4, -0.2) is 4.98 Å². The molecule has 0 aliphatic carbocycles. The maximum atomic E-state index is 3.15. The van der Waals surface area contributed by atoms with Gasteiger partial charge in [-0.05, 0) is 6.92 Å². The van der Waals surface area contributed by atoms with Gasteiger partial charge in [0.25, 0.3) is 5.82 Å². The van der Waals surface area contributed by atoms with Crippen LogP contribution in [0, 0.1) is 13.8 Å². The summed E-state index contributed by atoms with van der Waals surface area (Å²) in [6.45, 7) is 7.39. The van der Waals surface area contributed by atoms with Gasteiger partial charge in [0.05, 0.1) is 6.54 Å². The molecule has 0 aromatic carbocycles. The Kier molecular flexibility index (Phi) is 1.56. The van der Waals surface area contributed by atoms with Crippen molar-refractivity contribution in [3.8, 4) is 0 Å². The summed E-state index contributed by atoms with van der Waals surface area (Å²) in [7, 11) is 0. The van der Waals surface area contributed by atoms with E-state index >= 15 is 0 Å². The Bertz CT molecular complexity index is 181. The molecule has 50 valence electrons. The molecule has 9 heavy (non-hydrogen) atoms. The van der Waals surface area contributed by atoms with E-state index in [4.69, 9.17) is 0 Å². The lowest BCUT2D eigenvalue weighted by Crippen LogP contribution is -2.36. The van der Waals surface area contributed by atoms with Crippen molar-refractivity contribution in [2.45, 2.75) is 27.3 Å². The highest BCUT2D eigenvalue weighted by Gasteiger charge is 2.05. The molecule has 2 heteroatoms. The van der Waals surface area contributed by atoms with Crippen molar-refractivity contribution >= 4 is 0 Å². The zero-order valence-corrected chi connectivity index (χ0v) is 6.23. The van der Waals surface area contributed by atoms with E-state index in [2.05, 4.69) is 30.3 Å². The predicted molar refractivity (Wildman–Crippen MR) is 36.1 cm³/mol. The molecule has 0 spiro atoms. The van der Waals surface area contributed by atoms with Crippen LogP contribution in [0.5, 0.6) is 0 Å². The molecule has 1 heterocycles. The molecule has 0 saturated carbocycles. The second-order valence-corrected chi connectivity index (χ2v) is 2.26. The summed E-state index contributed by atoms with van der Waals surface area (Å²) in [5.41, 5.74) is 1.30. The van der Waals surface area contributed by atoms with Gasteiger partial charge in [-0.25, -0.2) is 9.55 Å². The fourth-order valence-corrected chi connectivity index (χ4v) is 1.12. The third-order valence-corrected chi connectivity index (χ3v) is 1.64. The van der Waals surface area contributed by atoms with Gasteiger partial charge in [-0.2, -0.15) is 0 Å². The van der Waals surface area contributed by atoms with Gasteiger partial charge >= 0.3 is 0 Å². The van der Waals surface area contributed by atoms with Gasteiger partial charge < -0.3 is 0 Å². The number of aryl methyl sites for hydroxylation is 2. The summed E-state index contributed by atoms with van der Waals surface area (Å²) in [4.78, 5) is 3.15. The highest BCUT2D eigenvalue weighted by atomic mass is 15.1. The molecule has 1 aromatic heterocycles. The number of nitrogens with zero attached hydrogens (tertiary/aromatic N) is 1. The van der Waals surface area contributed by atoms with E-state index in [1.165, 1.54) is 11.5 Å². The Labute approximate surface area is 55.5 Å². The zero-order valence-electron chi connectivity index (χ0n) is 6.23. The van der Waals surface area contributed by atoms with Crippen LogP contribution in [0.2, 0.25) is 0 Å². The Morgan fingerprint density at radius 1 is 1.56 bits per heavy atom. The molecule has 0 fully saturated rings. The van der Waals surface area contributed by atoms with Gasteiger partial charge in [0.15, 0.2) is 0 Å². The number of H-pyrrole nitrogens is 1. The van der Waals surface area contributed by atoms with Crippen molar-refractivity contribution in [3.63, 3.8) is 0 Å². The third kappa shape index (κ3) is 0.969. The fourth-order valence-electron chi connectivity index (χ4n) is 1.12. The van der Waals surface area contributed by atoms with E-state index in [0.717, 1.165) is 6.54 Å². The summed E-state index contributed by atoms with van der Waals surface area (Å²) in [5.74, 6) is 1.23. The summed E-state index contributed by atoms with van der Waals surface area (Å²) in [5, 5.41) is 0. The minimum atomic E-state index is 1.06. The molecule has 1 N–H and O–H groups in total. The predicted octanol–water partition coefficient (Wildman–Crippen LogP) is 0.939. The van der Waals surface area contributed by atoms with Crippen molar-refractivity contribution in [3.05, 3.63) is 17.7 Å². The second kappa shape index (κ2) is 2.21. The third-order valence-electron chi connectivity index (χ3n) is 1.64. The van der Waals surface area contributed by atoms with Crippen LogP contribution in [0.1, 0.15) is 18.4 Å². The standard InChI is InChI=1S/C7H12N2/c1-4-9-6(2)5-8-7(9)3/h5H,4H2,1-3H3/p+1. The number of aromatic nitrogens is 2. The van der Waals surface area contributed by atoms with Crippen LogP contribution in [-0.2, 0) is 6.54 Å². The number of hydrogen-bond acceptors (Lipinski definition) is 0. The lowest BCUT2D eigenvalue weighted by atomic mass is 10.5. The molecule has 0 aliphatic rings. The fraction of sp³-hybridized carbons (Fsp3) is 0.571. The molecule has 1 aromatic rings. The first-order valence-electron chi connectivity index (χ1n) is 3.30. The number of rotatable bonds is 1. The van der Waals surface area contributed by atoms with E-state index in [0.29, 0.717) is 0 Å². The molecule has 0 atom stereocenters.